The van der Waals surface area contributed by atoms with Crippen molar-refractivity contribution >= 4 is 22.7 Å². The molecule has 0 aliphatic carbocycles. The summed E-state index contributed by atoms with van der Waals surface area (Å²) < 4.78 is 17.6. The van der Waals surface area contributed by atoms with Crippen molar-refractivity contribution in [2.75, 3.05) is 6.61 Å². The molecular formula is C42H52O5. The fourth-order valence-corrected chi connectivity index (χ4v) is 5.71. The number of ether oxygens (including phenoxy) is 3. The van der Waals surface area contributed by atoms with Crippen LogP contribution in [0.3, 0.4) is 0 Å². The van der Waals surface area contributed by atoms with Crippen molar-refractivity contribution < 1.29 is 23.8 Å². The molecule has 47 heavy (non-hydrogen) atoms. The van der Waals surface area contributed by atoms with Crippen LogP contribution in [-0.2, 0) is 9.53 Å². The molecule has 0 radical (unpaired) electrons. The standard InChI is InChI=1S/C42H52O5/c1-5-8-11-12-13-28-45-38-25-22-33(23-26-38)32-16-18-34(19-17-32)42(44)47-40-27-24-36-29-35(20-21-37(36)30-40)31(4)41(43)46-39(14-9-6-2)15-10-7-3/h16-27,29-31,39H,5-15,28H2,1-4H3/t31-/m0/s1. The van der Waals surface area contributed by atoms with E-state index in [2.05, 4.69) is 20.8 Å². The van der Waals surface area contributed by atoms with E-state index >= 15 is 0 Å². The molecule has 0 unspecified atom stereocenters. The van der Waals surface area contributed by atoms with Gasteiger partial charge in [0.05, 0.1) is 18.1 Å². The zero-order valence-electron chi connectivity index (χ0n) is 28.8. The van der Waals surface area contributed by atoms with Crippen LogP contribution in [0.4, 0.5) is 0 Å². The van der Waals surface area contributed by atoms with E-state index in [0.717, 1.165) is 84.8 Å². The summed E-state index contributed by atoms with van der Waals surface area (Å²) in [5, 5.41) is 1.91. The molecule has 4 rings (SSSR count). The van der Waals surface area contributed by atoms with Crippen LogP contribution in [0.2, 0.25) is 0 Å². The summed E-state index contributed by atoms with van der Waals surface area (Å²) in [7, 11) is 0. The zero-order valence-corrected chi connectivity index (χ0v) is 28.8. The largest absolute Gasteiger partial charge is 0.494 e. The number of fused-ring (bicyclic) bond motifs is 1. The highest BCUT2D eigenvalue weighted by molar-refractivity contribution is 5.93. The average molecular weight is 637 g/mol. The Hall–Kier alpha value is -4.12. The van der Waals surface area contributed by atoms with Crippen LogP contribution >= 0.6 is 0 Å². The van der Waals surface area contributed by atoms with Gasteiger partial charge in [0.1, 0.15) is 17.6 Å². The number of hydrogen-bond acceptors (Lipinski definition) is 5. The molecule has 1 atom stereocenters. The van der Waals surface area contributed by atoms with Gasteiger partial charge < -0.3 is 14.2 Å². The third-order valence-electron chi connectivity index (χ3n) is 8.77. The number of rotatable bonds is 19. The van der Waals surface area contributed by atoms with Crippen molar-refractivity contribution in [3.05, 3.63) is 96.1 Å². The van der Waals surface area contributed by atoms with Crippen LogP contribution < -0.4 is 9.47 Å². The molecule has 0 N–H and O–H groups in total. The second-order valence-corrected chi connectivity index (χ2v) is 12.6. The summed E-state index contributed by atoms with van der Waals surface area (Å²) in [5.74, 6) is 0.408. The molecule has 0 aliphatic heterocycles. The number of benzene rings is 4. The van der Waals surface area contributed by atoms with Gasteiger partial charge in [-0.25, -0.2) is 4.79 Å². The highest BCUT2D eigenvalue weighted by Crippen LogP contribution is 2.28. The van der Waals surface area contributed by atoms with Gasteiger partial charge in [0.25, 0.3) is 0 Å². The third kappa shape index (κ3) is 11.0. The van der Waals surface area contributed by atoms with Crippen LogP contribution in [0.15, 0.2) is 84.9 Å². The van der Waals surface area contributed by atoms with Crippen LogP contribution in [0.5, 0.6) is 11.5 Å². The lowest BCUT2D eigenvalue weighted by Gasteiger charge is -2.20. The average Bonchev–Trinajstić information content (AvgIpc) is 3.10. The Balaban J connectivity index is 1.32. The van der Waals surface area contributed by atoms with Crippen molar-refractivity contribution in [3.63, 3.8) is 0 Å². The Morgan fingerprint density at radius 2 is 1.19 bits per heavy atom. The van der Waals surface area contributed by atoms with E-state index < -0.39 is 5.97 Å². The van der Waals surface area contributed by atoms with Crippen molar-refractivity contribution in [2.24, 2.45) is 0 Å². The van der Waals surface area contributed by atoms with Crippen molar-refractivity contribution in [2.45, 2.75) is 110 Å². The first-order valence-corrected chi connectivity index (χ1v) is 17.7. The quantitative estimate of drug-likeness (QED) is 0.0582. The van der Waals surface area contributed by atoms with Crippen molar-refractivity contribution in [3.8, 4) is 22.6 Å². The van der Waals surface area contributed by atoms with E-state index in [1.165, 1.54) is 25.7 Å². The molecule has 0 aromatic heterocycles. The van der Waals surface area contributed by atoms with E-state index in [1.807, 2.05) is 73.7 Å². The molecule has 0 aliphatic rings. The van der Waals surface area contributed by atoms with Gasteiger partial charge in [-0.3, -0.25) is 4.79 Å². The van der Waals surface area contributed by atoms with Gasteiger partial charge in [-0.2, -0.15) is 0 Å². The number of carbonyl (C=O) groups is 2. The molecule has 0 fully saturated rings. The highest BCUT2D eigenvalue weighted by atomic mass is 16.5. The first-order valence-electron chi connectivity index (χ1n) is 17.7. The smallest absolute Gasteiger partial charge is 0.343 e. The lowest BCUT2D eigenvalue weighted by atomic mass is 9.97. The van der Waals surface area contributed by atoms with Gasteiger partial charge >= 0.3 is 11.9 Å². The number of carbonyl (C=O) groups excluding carboxylic acids is 2. The lowest BCUT2D eigenvalue weighted by molar-refractivity contribution is -0.151. The third-order valence-corrected chi connectivity index (χ3v) is 8.77. The normalized spacial score (nSPS) is 11.9. The summed E-state index contributed by atoms with van der Waals surface area (Å²) >= 11 is 0. The summed E-state index contributed by atoms with van der Waals surface area (Å²) in [6.07, 6.45) is 12.2. The van der Waals surface area contributed by atoms with E-state index in [4.69, 9.17) is 14.2 Å². The van der Waals surface area contributed by atoms with E-state index in [0.29, 0.717) is 11.3 Å². The van der Waals surface area contributed by atoms with E-state index in [-0.39, 0.29) is 18.0 Å². The summed E-state index contributed by atoms with van der Waals surface area (Å²) in [6, 6.07) is 27.1. The van der Waals surface area contributed by atoms with E-state index in [1.54, 1.807) is 18.2 Å². The molecule has 0 saturated carbocycles. The van der Waals surface area contributed by atoms with Gasteiger partial charge in [0.2, 0.25) is 0 Å². The lowest BCUT2D eigenvalue weighted by Crippen LogP contribution is -2.22. The predicted octanol–water partition coefficient (Wildman–Crippen LogP) is 11.5. The molecule has 4 aromatic rings. The zero-order chi connectivity index (χ0) is 33.4. The maximum Gasteiger partial charge on any atom is 0.343 e. The fourth-order valence-electron chi connectivity index (χ4n) is 5.71. The second-order valence-electron chi connectivity index (χ2n) is 12.6. The SMILES string of the molecule is CCCCCCCOc1ccc(-c2ccc(C(=O)Oc3ccc4cc([C@H](C)C(=O)OC(CCCC)CCCC)ccc4c3)cc2)cc1. The summed E-state index contributed by atoms with van der Waals surface area (Å²) in [5.41, 5.74) is 3.47. The first-order chi connectivity index (χ1) is 22.9. The molecule has 5 nitrogen and oxygen atoms in total. The Labute approximate surface area is 281 Å². The molecule has 5 heteroatoms. The molecular weight excluding hydrogens is 584 g/mol. The van der Waals surface area contributed by atoms with Gasteiger partial charge in [0.15, 0.2) is 0 Å². The minimum atomic E-state index is -0.410. The van der Waals surface area contributed by atoms with Gasteiger partial charge in [-0.05, 0) is 90.0 Å². The maximum atomic E-state index is 13.0. The molecule has 0 saturated heterocycles. The van der Waals surface area contributed by atoms with Crippen LogP contribution in [-0.4, -0.2) is 24.6 Å². The molecule has 4 aromatic carbocycles. The number of unbranched alkanes of at least 4 members (excludes halogenated alkanes) is 6. The Morgan fingerprint density at radius 1 is 0.617 bits per heavy atom. The molecule has 0 spiro atoms. The van der Waals surface area contributed by atoms with Crippen LogP contribution in [0.1, 0.15) is 120 Å². The number of esters is 2. The summed E-state index contributed by atoms with van der Waals surface area (Å²) in [4.78, 5) is 26.0. The monoisotopic (exact) mass is 636 g/mol. The van der Waals surface area contributed by atoms with Crippen LogP contribution in [0.25, 0.3) is 21.9 Å². The minimum Gasteiger partial charge on any atom is -0.494 e. The molecule has 0 bridgehead atoms. The van der Waals surface area contributed by atoms with Gasteiger partial charge in [-0.1, -0.05) is 121 Å². The number of hydrogen-bond donors (Lipinski definition) is 0. The first kappa shape index (κ1) is 35.7. The molecule has 0 amide bonds. The van der Waals surface area contributed by atoms with Gasteiger partial charge in [-0.15, -0.1) is 0 Å². The Kier molecular flexibility index (Phi) is 14.4. The van der Waals surface area contributed by atoms with Crippen LogP contribution in [0, 0.1) is 0 Å². The Morgan fingerprint density at radius 3 is 1.85 bits per heavy atom. The fraction of sp³-hybridized carbons (Fsp3) is 0.429. The maximum absolute atomic E-state index is 13.0. The predicted molar refractivity (Wildman–Crippen MR) is 192 cm³/mol. The highest BCUT2D eigenvalue weighted by Gasteiger charge is 2.21. The Bertz CT molecular complexity index is 1530. The topological polar surface area (TPSA) is 61.8 Å². The van der Waals surface area contributed by atoms with Crippen molar-refractivity contribution in [1.29, 1.82) is 0 Å². The van der Waals surface area contributed by atoms with Gasteiger partial charge in [0, 0.05) is 0 Å². The minimum absolute atomic E-state index is 0.0139. The molecule has 0 heterocycles. The van der Waals surface area contributed by atoms with E-state index in [9.17, 15) is 9.59 Å². The van der Waals surface area contributed by atoms with Crippen molar-refractivity contribution in [1.82, 2.24) is 0 Å². The summed E-state index contributed by atoms with van der Waals surface area (Å²) in [6.45, 7) is 9.19. The molecule has 250 valence electrons. The second kappa shape index (κ2) is 18.9.